The fourth-order valence-electron chi connectivity index (χ4n) is 0.483. The van der Waals surface area contributed by atoms with Gasteiger partial charge in [-0.2, -0.15) is 13.1 Å². The Hall–Kier alpha value is -0.820. The van der Waals surface area contributed by atoms with Crippen LogP contribution in [0.4, 0.5) is 4.79 Å². The molecule has 0 saturated carbocycles. The van der Waals surface area contributed by atoms with E-state index in [1.165, 1.54) is 11.9 Å². The number of rotatable bonds is 0. The van der Waals surface area contributed by atoms with E-state index in [1.54, 1.807) is 4.72 Å². The molecule has 2 amide bonds. The lowest BCUT2D eigenvalue weighted by Gasteiger charge is -2.23. The van der Waals surface area contributed by atoms with Gasteiger partial charge in [-0.05, 0) is 0 Å². The van der Waals surface area contributed by atoms with Gasteiger partial charge in [0, 0.05) is 7.05 Å². The van der Waals surface area contributed by atoms with Gasteiger partial charge in [0.25, 0.3) is 0 Å². The van der Waals surface area contributed by atoms with E-state index in [9.17, 15) is 13.2 Å². The molecule has 1 saturated heterocycles. The summed E-state index contributed by atoms with van der Waals surface area (Å²) in [5, 5.41) is 0. The van der Waals surface area contributed by atoms with Crippen molar-refractivity contribution in [3.8, 4) is 0 Å². The summed E-state index contributed by atoms with van der Waals surface area (Å²) in [5.41, 5.74) is 0. The van der Waals surface area contributed by atoms with Gasteiger partial charge < -0.3 is 4.90 Å². The molecule has 10 heavy (non-hydrogen) atoms. The zero-order valence-electron chi connectivity index (χ0n) is 5.29. The number of nitrogens with zero attached hydrogens (tertiary/aromatic N) is 1. The predicted octanol–water partition coefficient (Wildman–Crippen LogP) is -1.57. The monoisotopic (exact) mass is 165 g/mol. The van der Waals surface area contributed by atoms with E-state index < -0.39 is 16.2 Å². The van der Waals surface area contributed by atoms with Crippen molar-refractivity contribution >= 4 is 16.2 Å². The predicted molar refractivity (Wildman–Crippen MR) is 33.2 cm³/mol. The van der Waals surface area contributed by atoms with Crippen LogP contribution in [0.15, 0.2) is 0 Å². The van der Waals surface area contributed by atoms with Gasteiger partial charge in [-0.15, -0.1) is 0 Å². The second kappa shape index (κ2) is 2.10. The molecule has 0 radical (unpaired) electrons. The lowest BCUT2D eigenvalue weighted by molar-refractivity contribution is 0.210. The summed E-state index contributed by atoms with van der Waals surface area (Å²) in [6.07, 6.45) is 0. The van der Waals surface area contributed by atoms with E-state index in [2.05, 4.69) is 4.72 Å². The minimum absolute atomic E-state index is 0.0220. The van der Waals surface area contributed by atoms with E-state index in [0.717, 1.165) is 0 Å². The zero-order valence-corrected chi connectivity index (χ0v) is 6.10. The highest BCUT2D eigenvalue weighted by molar-refractivity contribution is 7.88. The average molecular weight is 165 g/mol. The molecule has 0 spiro atoms. The number of carbonyl (C=O) groups is 1. The van der Waals surface area contributed by atoms with Gasteiger partial charge in [-0.1, -0.05) is 0 Å². The number of hydrogen-bond acceptors (Lipinski definition) is 3. The molecular weight excluding hydrogens is 158 g/mol. The first-order chi connectivity index (χ1) is 4.51. The van der Waals surface area contributed by atoms with Gasteiger partial charge in [0.1, 0.15) is 0 Å². The normalized spacial score (nSPS) is 24.1. The number of amides is 2. The van der Waals surface area contributed by atoms with Gasteiger partial charge in [0.05, 0.1) is 6.67 Å². The fourth-order valence-corrected chi connectivity index (χ4v) is 1.30. The molecule has 1 aliphatic rings. The Balaban J connectivity index is 2.76. The highest BCUT2D eigenvalue weighted by Crippen LogP contribution is 1.91. The zero-order chi connectivity index (χ0) is 7.78. The van der Waals surface area contributed by atoms with Gasteiger partial charge in [-0.3, -0.25) is 0 Å². The minimum Gasteiger partial charge on any atom is -0.313 e. The van der Waals surface area contributed by atoms with Crippen LogP contribution < -0.4 is 9.44 Å². The molecule has 1 fully saturated rings. The summed E-state index contributed by atoms with van der Waals surface area (Å²) in [6, 6.07) is -0.612. The van der Waals surface area contributed by atoms with Gasteiger partial charge in [0.2, 0.25) is 0 Å². The van der Waals surface area contributed by atoms with Crippen molar-refractivity contribution in [1.82, 2.24) is 14.3 Å². The number of carbonyl (C=O) groups excluding carboxylic acids is 1. The molecule has 0 atom stereocenters. The van der Waals surface area contributed by atoms with Crippen LogP contribution in [0.25, 0.3) is 0 Å². The molecule has 1 aliphatic heterocycles. The van der Waals surface area contributed by atoms with Gasteiger partial charge >= 0.3 is 16.2 Å². The summed E-state index contributed by atoms with van der Waals surface area (Å²) in [6.45, 7) is 0.0220. The molecule has 6 nitrogen and oxygen atoms in total. The van der Waals surface area contributed by atoms with Crippen molar-refractivity contribution in [2.45, 2.75) is 0 Å². The third-order valence-electron chi connectivity index (χ3n) is 1.06. The molecule has 2 N–H and O–H groups in total. The highest BCUT2D eigenvalue weighted by atomic mass is 32.2. The van der Waals surface area contributed by atoms with Crippen molar-refractivity contribution < 1.29 is 13.2 Å². The van der Waals surface area contributed by atoms with E-state index in [0.29, 0.717) is 0 Å². The molecule has 1 rings (SSSR count). The largest absolute Gasteiger partial charge is 0.332 e. The Morgan fingerprint density at radius 2 is 2.20 bits per heavy atom. The molecule has 58 valence electrons. The van der Waals surface area contributed by atoms with Crippen molar-refractivity contribution in [2.75, 3.05) is 13.7 Å². The topological polar surface area (TPSA) is 78.5 Å². The Kier molecular flexibility index (Phi) is 1.53. The number of hydrogen-bond donors (Lipinski definition) is 2. The first kappa shape index (κ1) is 7.29. The minimum atomic E-state index is -3.56. The average Bonchev–Trinajstić information content (AvgIpc) is 1.79. The Morgan fingerprint density at radius 1 is 1.60 bits per heavy atom. The maximum Gasteiger partial charge on any atom is 0.332 e. The maximum absolute atomic E-state index is 10.6. The second-order valence-corrected chi connectivity index (χ2v) is 3.41. The Labute approximate surface area is 58.4 Å². The van der Waals surface area contributed by atoms with E-state index in [1.807, 2.05) is 0 Å². The van der Waals surface area contributed by atoms with E-state index >= 15 is 0 Å². The maximum atomic E-state index is 10.6. The summed E-state index contributed by atoms with van der Waals surface area (Å²) >= 11 is 0. The quantitative estimate of drug-likeness (QED) is 0.455. The highest BCUT2D eigenvalue weighted by Gasteiger charge is 2.23. The van der Waals surface area contributed by atoms with Gasteiger partial charge in [-0.25, -0.2) is 9.52 Å². The lowest BCUT2D eigenvalue weighted by Crippen LogP contribution is -2.55. The van der Waals surface area contributed by atoms with Crippen LogP contribution in [0.1, 0.15) is 0 Å². The van der Waals surface area contributed by atoms with Crippen LogP contribution in [-0.4, -0.2) is 33.1 Å². The van der Waals surface area contributed by atoms with Crippen molar-refractivity contribution in [3.05, 3.63) is 0 Å². The van der Waals surface area contributed by atoms with Crippen molar-refractivity contribution in [2.24, 2.45) is 0 Å². The van der Waals surface area contributed by atoms with Crippen molar-refractivity contribution in [1.29, 1.82) is 0 Å². The third-order valence-corrected chi connectivity index (χ3v) is 2.01. The molecule has 0 bridgehead atoms. The molecule has 0 aromatic rings. The molecule has 7 heteroatoms. The van der Waals surface area contributed by atoms with Crippen LogP contribution in [-0.2, 0) is 10.2 Å². The third kappa shape index (κ3) is 1.36. The SMILES string of the molecule is CN1CNS(=O)(=O)NC1=O. The fraction of sp³-hybridized carbons (Fsp3) is 0.667. The first-order valence-corrected chi connectivity index (χ1v) is 4.02. The summed E-state index contributed by atoms with van der Waals surface area (Å²) < 4.78 is 24.9. The number of nitrogens with one attached hydrogen (secondary N) is 2. The summed E-state index contributed by atoms with van der Waals surface area (Å²) in [5.74, 6) is 0. The van der Waals surface area contributed by atoms with Crippen LogP contribution in [0.3, 0.4) is 0 Å². The molecular formula is C3H7N3O3S. The van der Waals surface area contributed by atoms with Crippen LogP contribution >= 0.6 is 0 Å². The van der Waals surface area contributed by atoms with E-state index in [4.69, 9.17) is 0 Å². The summed E-state index contributed by atoms with van der Waals surface area (Å²) in [4.78, 5) is 11.8. The number of urea groups is 1. The molecule has 0 unspecified atom stereocenters. The van der Waals surface area contributed by atoms with Crippen LogP contribution in [0.2, 0.25) is 0 Å². The summed E-state index contributed by atoms with van der Waals surface area (Å²) in [7, 11) is -2.07. The van der Waals surface area contributed by atoms with E-state index in [-0.39, 0.29) is 6.67 Å². The van der Waals surface area contributed by atoms with Crippen molar-refractivity contribution in [3.63, 3.8) is 0 Å². The van der Waals surface area contributed by atoms with Crippen LogP contribution in [0.5, 0.6) is 0 Å². The molecule has 0 aromatic carbocycles. The Bertz CT molecular complexity index is 246. The molecule has 0 aliphatic carbocycles. The standard InChI is InChI=1S/C3H7N3O3S/c1-6-2-4-10(8,9)5-3(6)7/h4H,2H2,1H3,(H,5,7). The Morgan fingerprint density at radius 3 is 2.60 bits per heavy atom. The van der Waals surface area contributed by atoms with Gasteiger partial charge in [0.15, 0.2) is 0 Å². The first-order valence-electron chi connectivity index (χ1n) is 2.54. The lowest BCUT2D eigenvalue weighted by atomic mass is 10.8. The van der Waals surface area contributed by atoms with Crippen LogP contribution in [0, 0.1) is 0 Å². The molecule has 0 aromatic heterocycles. The molecule has 1 heterocycles. The smallest absolute Gasteiger partial charge is 0.313 e. The second-order valence-electron chi connectivity index (χ2n) is 1.91.